The highest BCUT2D eigenvalue weighted by atomic mass is 16.6. The maximum Gasteiger partial charge on any atom is 0.408 e. The van der Waals surface area contributed by atoms with Crippen molar-refractivity contribution in [2.24, 2.45) is 5.73 Å². The van der Waals surface area contributed by atoms with Crippen LogP contribution in [-0.2, 0) is 19.1 Å². The van der Waals surface area contributed by atoms with Crippen LogP contribution in [0.15, 0.2) is 72.8 Å². The number of primary amides is 1. The maximum atomic E-state index is 14.2. The van der Waals surface area contributed by atoms with E-state index in [0.29, 0.717) is 17.7 Å². The molecule has 3 rings (SSSR count). The van der Waals surface area contributed by atoms with Crippen molar-refractivity contribution in [3.8, 4) is 0 Å². The Bertz CT molecular complexity index is 1370. The zero-order valence-electron chi connectivity index (χ0n) is 24.9. The van der Waals surface area contributed by atoms with Gasteiger partial charge in [-0.2, -0.15) is 0 Å². The van der Waals surface area contributed by atoms with Gasteiger partial charge in [0.25, 0.3) is 5.91 Å². The lowest BCUT2D eigenvalue weighted by Gasteiger charge is -2.34. The number of alkyl carbamates (subject to hydrolysis) is 1. The number of ether oxygens (including phenoxy) is 1. The minimum atomic E-state index is -1.32. The first-order valence-corrected chi connectivity index (χ1v) is 14.4. The number of unbranched alkanes of at least 4 members (excludes halogenated alkanes) is 3. The second-order valence-electron chi connectivity index (χ2n) is 11.3. The van der Waals surface area contributed by atoms with Crippen molar-refractivity contribution in [3.05, 3.63) is 78.4 Å². The number of hydrogen-bond acceptors (Lipinski definition) is 5. The summed E-state index contributed by atoms with van der Waals surface area (Å²) in [5.74, 6) is -1.79. The molecule has 4 N–H and O–H groups in total. The van der Waals surface area contributed by atoms with Gasteiger partial charge >= 0.3 is 6.09 Å². The summed E-state index contributed by atoms with van der Waals surface area (Å²) in [6.07, 6.45) is 2.11. The number of carbonyl (C=O) groups is 4. The number of amides is 4. The molecule has 0 aromatic heterocycles. The van der Waals surface area contributed by atoms with Crippen molar-refractivity contribution in [3.63, 3.8) is 0 Å². The Hall–Kier alpha value is -4.40. The molecular formula is C33H42N4O5. The van der Waals surface area contributed by atoms with Crippen LogP contribution < -0.4 is 16.4 Å². The van der Waals surface area contributed by atoms with Gasteiger partial charge < -0.3 is 26.0 Å². The standard InChI is InChI=1S/C33H42N4O5/c1-5-6-7-13-20-37(31(40)27(22-28(34)38)36-32(41)42-33(2,3)4)29(24-15-9-8-10-16-24)30(39)35-26-19-18-23-14-11-12-17-25(23)21-26/h8-12,14-19,21,27,29H,5-7,13,20,22H2,1-4H3,(H2,34,38)(H,35,39)(H,36,41). The van der Waals surface area contributed by atoms with E-state index in [4.69, 9.17) is 10.5 Å². The molecule has 4 amide bonds. The van der Waals surface area contributed by atoms with Gasteiger partial charge in [0, 0.05) is 12.2 Å². The molecule has 0 radical (unpaired) electrons. The third kappa shape index (κ3) is 9.61. The number of nitrogens with two attached hydrogens (primary N) is 1. The summed E-state index contributed by atoms with van der Waals surface area (Å²) in [7, 11) is 0. The summed E-state index contributed by atoms with van der Waals surface area (Å²) in [5, 5.41) is 7.49. The molecule has 0 aliphatic rings. The highest BCUT2D eigenvalue weighted by molar-refractivity contribution is 6.01. The van der Waals surface area contributed by atoms with Crippen LogP contribution in [0.4, 0.5) is 10.5 Å². The molecular weight excluding hydrogens is 532 g/mol. The first kappa shape index (κ1) is 32.1. The number of nitrogens with zero attached hydrogens (tertiary/aromatic N) is 1. The van der Waals surface area contributed by atoms with Gasteiger partial charge in [0.1, 0.15) is 17.7 Å². The average Bonchev–Trinajstić information content (AvgIpc) is 2.93. The molecule has 0 bridgehead atoms. The zero-order chi connectivity index (χ0) is 30.7. The van der Waals surface area contributed by atoms with Crippen LogP contribution in [-0.4, -0.2) is 46.9 Å². The van der Waals surface area contributed by atoms with E-state index < -0.39 is 47.9 Å². The molecule has 0 fully saturated rings. The van der Waals surface area contributed by atoms with E-state index in [1.165, 1.54) is 4.90 Å². The van der Waals surface area contributed by atoms with Crippen LogP contribution in [0.5, 0.6) is 0 Å². The van der Waals surface area contributed by atoms with E-state index in [9.17, 15) is 19.2 Å². The van der Waals surface area contributed by atoms with Gasteiger partial charge in [0.2, 0.25) is 11.8 Å². The third-order valence-electron chi connectivity index (χ3n) is 6.62. The second kappa shape index (κ2) is 15.0. The number of hydrogen-bond donors (Lipinski definition) is 3. The van der Waals surface area contributed by atoms with Crippen LogP contribution in [0, 0.1) is 0 Å². The molecule has 2 unspecified atom stereocenters. The summed E-state index contributed by atoms with van der Waals surface area (Å²) in [5.41, 5.74) is 5.84. The number of anilines is 1. The Kier molecular flexibility index (Phi) is 11.5. The van der Waals surface area contributed by atoms with Gasteiger partial charge in [-0.25, -0.2) is 4.79 Å². The maximum absolute atomic E-state index is 14.2. The second-order valence-corrected chi connectivity index (χ2v) is 11.3. The fourth-order valence-electron chi connectivity index (χ4n) is 4.71. The predicted octanol–water partition coefficient (Wildman–Crippen LogP) is 5.70. The van der Waals surface area contributed by atoms with E-state index in [0.717, 1.165) is 30.0 Å². The number of carbonyl (C=O) groups excluding carboxylic acids is 4. The number of rotatable bonds is 13. The monoisotopic (exact) mass is 574 g/mol. The summed E-state index contributed by atoms with van der Waals surface area (Å²) >= 11 is 0. The van der Waals surface area contributed by atoms with Gasteiger partial charge in [-0.3, -0.25) is 14.4 Å². The van der Waals surface area contributed by atoms with Crippen molar-refractivity contribution in [1.82, 2.24) is 10.2 Å². The van der Waals surface area contributed by atoms with Crippen molar-refractivity contribution in [2.75, 3.05) is 11.9 Å². The van der Waals surface area contributed by atoms with Gasteiger partial charge in [-0.1, -0.05) is 86.8 Å². The highest BCUT2D eigenvalue weighted by Gasteiger charge is 2.36. The normalized spacial score (nSPS) is 12.7. The topological polar surface area (TPSA) is 131 Å². The van der Waals surface area contributed by atoms with Crippen molar-refractivity contribution in [2.45, 2.75) is 77.5 Å². The highest BCUT2D eigenvalue weighted by Crippen LogP contribution is 2.27. The molecule has 0 heterocycles. The fraction of sp³-hybridized carbons (Fsp3) is 0.394. The fourth-order valence-corrected chi connectivity index (χ4v) is 4.71. The summed E-state index contributed by atoms with van der Waals surface area (Å²) in [6, 6.07) is 20.1. The summed E-state index contributed by atoms with van der Waals surface area (Å²) in [4.78, 5) is 54.3. The molecule has 42 heavy (non-hydrogen) atoms. The van der Waals surface area contributed by atoms with Gasteiger partial charge in [-0.05, 0) is 55.7 Å². The molecule has 0 aliphatic heterocycles. The lowest BCUT2D eigenvalue weighted by Crippen LogP contribution is -2.53. The Balaban J connectivity index is 2.00. The molecule has 0 aliphatic carbocycles. The quantitative estimate of drug-likeness (QED) is 0.226. The Morgan fingerprint density at radius 3 is 2.19 bits per heavy atom. The van der Waals surface area contributed by atoms with Crippen LogP contribution in [0.2, 0.25) is 0 Å². The smallest absolute Gasteiger partial charge is 0.408 e. The van der Waals surface area contributed by atoms with Gasteiger partial charge in [0.15, 0.2) is 0 Å². The van der Waals surface area contributed by atoms with Gasteiger partial charge in [-0.15, -0.1) is 0 Å². The summed E-state index contributed by atoms with van der Waals surface area (Å²) < 4.78 is 5.35. The first-order valence-electron chi connectivity index (χ1n) is 14.4. The van der Waals surface area contributed by atoms with E-state index in [1.807, 2.05) is 48.5 Å². The van der Waals surface area contributed by atoms with Crippen LogP contribution in [0.1, 0.15) is 71.4 Å². The van der Waals surface area contributed by atoms with E-state index >= 15 is 0 Å². The molecule has 0 spiro atoms. The van der Waals surface area contributed by atoms with Crippen LogP contribution in [0.3, 0.4) is 0 Å². The molecule has 0 saturated heterocycles. The Morgan fingerprint density at radius 2 is 1.55 bits per heavy atom. The number of benzene rings is 3. The lowest BCUT2D eigenvalue weighted by atomic mass is 10.0. The number of nitrogens with one attached hydrogen (secondary N) is 2. The Morgan fingerprint density at radius 1 is 0.881 bits per heavy atom. The van der Waals surface area contributed by atoms with E-state index in [2.05, 4.69) is 17.6 Å². The minimum absolute atomic E-state index is 0.231. The molecule has 0 saturated carbocycles. The van der Waals surface area contributed by atoms with Crippen LogP contribution in [0.25, 0.3) is 10.8 Å². The van der Waals surface area contributed by atoms with Crippen molar-refractivity contribution >= 4 is 40.3 Å². The molecule has 9 heteroatoms. The molecule has 2 atom stereocenters. The van der Waals surface area contributed by atoms with Crippen molar-refractivity contribution in [1.29, 1.82) is 0 Å². The number of fused-ring (bicyclic) bond motifs is 1. The first-order chi connectivity index (χ1) is 20.0. The molecule has 3 aromatic carbocycles. The average molecular weight is 575 g/mol. The third-order valence-corrected chi connectivity index (χ3v) is 6.62. The SMILES string of the molecule is CCCCCCN(C(=O)C(CC(N)=O)NC(=O)OC(C)(C)C)C(C(=O)Nc1ccc2ccccc2c1)c1ccccc1. The molecule has 224 valence electrons. The molecule has 3 aromatic rings. The summed E-state index contributed by atoms with van der Waals surface area (Å²) in [6.45, 7) is 7.40. The lowest BCUT2D eigenvalue weighted by molar-refractivity contribution is -0.142. The van der Waals surface area contributed by atoms with E-state index in [1.54, 1.807) is 45.0 Å². The van der Waals surface area contributed by atoms with E-state index in [-0.39, 0.29) is 6.54 Å². The Labute approximate surface area is 247 Å². The van der Waals surface area contributed by atoms with Crippen LogP contribution >= 0.6 is 0 Å². The zero-order valence-corrected chi connectivity index (χ0v) is 24.9. The van der Waals surface area contributed by atoms with Crippen molar-refractivity contribution < 1.29 is 23.9 Å². The largest absolute Gasteiger partial charge is 0.444 e. The van der Waals surface area contributed by atoms with Gasteiger partial charge in [0.05, 0.1) is 6.42 Å². The minimum Gasteiger partial charge on any atom is -0.444 e. The predicted molar refractivity (Wildman–Crippen MR) is 165 cm³/mol. The molecule has 9 nitrogen and oxygen atoms in total.